The fourth-order valence-electron chi connectivity index (χ4n) is 1.58. The van der Waals surface area contributed by atoms with E-state index < -0.39 is 20.3 Å². The molecule has 1 aromatic rings. The number of benzene rings is 1. The van der Waals surface area contributed by atoms with Gasteiger partial charge in [-0.3, -0.25) is 4.79 Å². The van der Waals surface area contributed by atoms with Gasteiger partial charge in [-0.2, -0.15) is 0 Å². The average Bonchev–Trinajstić information content (AvgIpc) is 2.36. The number of ketones is 1. The van der Waals surface area contributed by atoms with Crippen LogP contribution in [0.3, 0.4) is 0 Å². The molecule has 0 aliphatic heterocycles. The highest BCUT2D eigenvalue weighted by Gasteiger charge is 2.32. The molecule has 0 bridgehead atoms. The topological polar surface area (TPSA) is 51.2 Å². The lowest BCUT2D eigenvalue weighted by atomic mass is 10.1. The summed E-state index contributed by atoms with van der Waals surface area (Å²) in [6.07, 6.45) is 0.501. The molecule has 0 amide bonds. The van der Waals surface area contributed by atoms with Crippen LogP contribution in [0.2, 0.25) is 5.02 Å². The molecule has 0 fully saturated rings. The Kier molecular flexibility index (Phi) is 4.93. The average molecular weight is 289 g/mol. The van der Waals surface area contributed by atoms with Gasteiger partial charge in [0.15, 0.2) is 15.6 Å². The first kappa shape index (κ1) is 15.2. The quantitative estimate of drug-likeness (QED) is 0.782. The van der Waals surface area contributed by atoms with Crippen LogP contribution < -0.4 is 0 Å². The largest absolute Gasteiger partial charge is 0.293 e. The highest BCUT2D eigenvalue weighted by molar-refractivity contribution is 7.93. The van der Waals surface area contributed by atoms with Crippen LogP contribution in [-0.2, 0) is 9.84 Å². The zero-order chi connectivity index (χ0) is 13.9. The molecular weight excluding hydrogens is 272 g/mol. The van der Waals surface area contributed by atoms with Crippen molar-refractivity contribution in [1.29, 1.82) is 0 Å². The first-order valence-corrected chi connectivity index (χ1v) is 7.82. The van der Waals surface area contributed by atoms with E-state index in [0.29, 0.717) is 17.0 Å². The Hall–Kier alpha value is -0.870. The Balaban J connectivity index is 3.01. The molecule has 1 aromatic carbocycles. The summed E-state index contributed by atoms with van der Waals surface area (Å²) in [5.74, 6) is -0.382. The minimum Gasteiger partial charge on any atom is -0.293 e. The van der Waals surface area contributed by atoms with Crippen molar-refractivity contribution < 1.29 is 13.2 Å². The molecule has 0 saturated carbocycles. The van der Waals surface area contributed by atoms with E-state index in [-0.39, 0.29) is 5.78 Å². The van der Waals surface area contributed by atoms with E-state index in [2.05, 4.69) is 0 Å². The fraction of sp³-hybridized carbons (Fsp3) is 0.462. The highest BCUT2D eigenvalue weighted by Crippen LogP contribution is 2.18. The second-order valence-corrected chi connectivity index (χ2v) is 7.45. The molecular formula is C13H17ClO3S. The minimum absolute atomic E-state index is 0.374. The van der Waals surface area contributed by atoms with Crippen molar-refractivity contribution in [2.24, 2.45) is 0 Å². The number of rotatable bonds is 5. The zero-order valence-electron chi connectivity index (χ0n) is 10.7. The first-order chi connectivity index (χ1) is 8.30. The second kappa shape index (κ2) is 5.85. The maximum absolute atomic E-state index is 12.1. The van der Waals surface area contributed by atoms with Gasteiger partial charge >= 0.3 is 0 Å². The Morgan fingerprint density at radius 2 is 1.72 bits per heavy atom. The van der Waals surface area contributed by atoms with Crippen LogP contribution in [0.15, 0.2) is 24.3 Å². The lowest BCUT2D eigenvalue weighted by Gasteiger charge is -2.16. The number of hydrogen-bond donors (Lipinski definition) is 0. The molecule has 0 spiro atoms. The molecule has 1 rings (SSSR count). The lowest BCUT2D eigenvalue weighted by Crippen LogP contribution is -2.34. The normalized spacial score (nSPS) is 15.1. The molecule has 0 aliphatic carbocycles. The van der Waals surface area contributed by atoms with Crippen LogP contribution in [0, 0.1) is 0 Å². The van der Waals surface area contributed by atoms with Crippen molar-refractivity contribution >= 4 is 27.2 Å². The van der Waals surface area contributed by atoms with Crippen molar-refractivity contribution in [3.63, 3.8) is 0 Å². The Bertz CT molecular complexity index is 520. The van der Waals surface area contributed by atoms with Gasteiger partial charge in [0.1, 0.15) is 5.25 Å². The molecule has 0 aromatic heterocycles. The van der Waals surface area contributed by atoms with E-state index in [1.165, 1.54) is 6.92 Å². The summed E-state index contributed by atoms with van der Waals surface area (Å²) in [5.41, 5.74) is 0.374. The van der Waals surface area contributed by atoms with Gasteiger partial charge in [0.25, 0.3) is 0 Å². The van der Waals surface area contributed by atoms with Crippen molar-refractivity contribution in [3.05, 3.63) is 34.9 Å². The summed E-state index contributed by atoms with van der Waals surface area (Å²) < 4.78 is 24.2. The molecule has 2 unspecified atom stereocenters. The Morgan fingerprint density at radius 3 is 2.17 bits per heavy atom. The molecule has 18 heavy (non-hydrogen) atoms. The van der Waals surface area contributed by atoms with E-state index in [1.54, 1.807) is 38.1 Å². The van der Waals surface area contributed by atoms with Gasteiger partial charge in [-0.15, -0.1) is 0 Å². The molecule has 0 saturated heterocycles. The third-order valence-corrected chi connectivity index (χ3v) is 6.03. The van der Waals surface area contributed by atoms with Crippen LogP contribution in [-0.4, -0.2) is 24.7 Å². The van der Waals surface area contributed by atoms with Gasteiger partial charge in [0, 0.05) is 10.6 Å². The minimum atomic E-state index is -3.43. The smallest absolute Gasteiger partial charge is 0.180 e. The number of Topliss-reactive ketones (excluding diaryl/α,β-unsaturated/α-hetero) is 1. The van der Waals surface area contributed by atoms with E-state index >= 15 is 0 Å². The van der Waals surface area contributed by atoms with Crippen LogP contribution in [0.25, 0.3) is 0 Å². The first-order valence-electron chi connectivity index (χ1n) is 5.83. The third-order valence-electron chi connectivity index (χ3n) is 3.13. The number of sulfone groups is 1. The summed E-state index contributed by atoms with van der Waals surface area (Å²) in [6, 6.07) is 6.26. The number of carbonyl (C=O) groups is 1. The molecule has 0 aliphatic rings. The molecule has 2 atom stereocenters. The lowest BCUT2D eigenvalue weighted by molar-refractivity contribution is 0.0991. The van der Waals surface area contributed by atoms with Gasteiger partial charge in [0.05, 0.1) is 5.25 Å². The van der Waals surface area contributed by atoms with Crippen molar-refractivity contribution in [3.8, 4) is 0 Å². The molecule has 5 heteroatoms. The monoisotopic (exact) mass is 288 g/mol. The fourth-order valence-corrected chi connectivity index (χ4v) is 3.30. The van der Waals surface area contributed by atoms with Crippen molar-refractivity contribution in [2.45, 2.75) is 37.7 Å². The maximum Gasteiger partial charge on any atom is 0.180 e. The van der Waals surface area contributed by atoms with Crippen LogP contribution in [0.4, 0.5) is 0 Å². The van der Waals surface area contributed by atoms with Gasteiger partial charge in [-0.05, 0) is 44.5 Å². The standard InChI is InChI=1S/C13H17ClO3S/c1-4-9(2)18(16,17)10(3)13(15)11-5-7-12(14)8-6-11/h5-10H,4H2,1-3H3. The van der Waals surface area contributed by atoms with Gasteiger partial charge < -0.3 is 0 Å². The summed E-state index contributed by atoms with van der Waals surface area (Å²) in [6.45, 7) is 4.86. The van der Waals surface area contributed by atoms with E-state index in [0.717, 1.165) is 0 Å². The molecule has 0 heterocycles. The van der Waals surface area contributed by atoms with Crippen LogP contribution in [0.1, 0.15) is 37.6 Å². The zero-order valence-corrected chi connectivity index (χ0v) is 12.3. The Labute approximate surface area is 113 Å². The predicted molar refractivity (Wildman–Crippen MR) is 73.9 cm³/mol. The Morgan fingerprint density at radius 1 is 1.22 bits per heavy atom. The van der Waals surface area contributed by atoms with Crippen LogP contribution >= 0.6 is 11.6 Å². The second-order valence-electron chi connectivity index (χ2n) is 4.32. The highest BCUT2D eigenvalue weighted by atomic mass is 35.5. The van der Waals surface area contributed by atoms with E-state index in [4.69, 9.17) is 11.6 Å². The summed E-state index contributed by atoms with van der Waals surface area (Å²) in [4.78, 5) is 12.1. The van der Waals surface area contributed by atoms with E-state index in [1.807, 2.05) is 0 Å². The SMILES string of the molecule is CCC(C)S(=O)(=O)C(C)C(=O)c1ccc(Cl)cc1. The molecule has 0 radical (unpaired) electrons. The summed E-state index contributed by atoms with van der Waals surface area (Å²) in [5, 5.41) is -1.01. The number of hydrogen-bond acceptors (Lipinski definition) is 3. The van der Waals surface area contributed by atoms with Gasteiger partial charge in [-0.1, -0.05) is 18.5 Å². The number of carbonyl (C=O) groups excluding carboxylic acids is 1. The van der Waals surface area contributed by atoms with E-state index in [9.17, 15) is 13.2 Å². The van der Waals surface area contributed by atoms with Crippen molar-refractivity contribution in [1.82, 2.24) is 0 Å². The molecule has 0 N–H and O–H groups in total. The number of halogens is 1. The van der Waals surface area contributed by atoms with Crippen molar-refractivity contribution in [2.75, 3.05) is 0 Å². The maximum atomic E-state index is 12.1. The summed E-state index contributed by atoms with van der Waals surface area (Å²) in [7, 11) is -3.43. The van der Waals surface area contributed by atoms with Gasteiger partial charge in [-0.25, -0.2) is 8.42 Å². The van der Waals surface area contributed by atoms with Gasteiger partial charge in [0.2, 0.25) is 0 Å². The predicted octanol–water partition coefficient (Wildman–Crippen LogP) is 3.12. The molecule has 100 valence electrons. The van der Waals surface area contributed by atoms with Crippen LogP contribution in [0.5, 0.6) is 0 Å². The third kappa shape index (κ3) is 3.12. The molecule has 3 nitrogen and oxygen atoms in total. The summed E-state index contributed by atoms with van der Waals surface area (Å²) >= 11 is 5.73.